The predicted molar refractivity (Wildman–Crippen MR) is 77.2 cm³/mol. The summed E-state index contributed by atoms with van der Waals surface area (Å²) < 4.78 is 7.96. The summed E-state index contributed by atoms with van der Waals surface area (Å²) in [4.78, 5) is 16.1. The maximum atomic E-state index is 12.2. The summed E-state index contributed by atoms with van der Waals surface area (Å²) in [5, 5.41) is 4.21. The van der Waals surface area contributed by atoms with Gasteiger partial charge in [-0.05, 0) is 17.7 Å². The first-order chi connectivity index (χ1) is 10.2. The molecule has 1 unspecified atom stereocenters. The van der Waals surface area contributed by atoms with Crippen LogP contribution in [0, 0.1) is 0 Å². The normalized spacial score (nSPS) is 12.5. The second-order valence-electron chi connectivity index (χ2n) is 4.65. The molecule has 0 aliphatic rings. The fraction of sp³-hybridized carbons (Fsp3) is 0.214. The van der Waals surface area contributed by atoms with E-state index in [0.29, 0.717) is 5.65 Å². The van der Waals surface area contributed by atoms with Crippen molar-refractivity contribution in [3.8, 4) is 5.75 Å². The highest BCUT2D eigenvalue weighted by molar-refractivity contribution is 5.32. The van der Waals surface area contributed by atoms with E-state index in [-0.39, 0.29) is 18.3 Å². The van der Waals surface area contributed by atoms with Gasteiger partial charge in [0.2, 0.25) is 0 Å². The Bertz CT molecular complexity index is 823. The number of benzene rings is 1. The number of nitrogens with zero attached hydrogens (tertiary/aromatic N) is 4. The van der Waals surface area contributed by atoms with Gasteiger partial charge in [-0.2, -0.15) is 0 Å². The Balaban J connectivity index is 1.90. The Kier molecular flexibility index (Phi) is 3.41. The number of rotatable bonds is 4. The third-order valence-electron chi connectivity index (χ3n) is 3.28. The summed E-state index contributed by atoms with van der Waals surface area (Å²) in [5.74, 6) is 0.731. The molecule has 7 heteroatoms. The van der Waals surface area contributed by atoms with Gasteiger partial charge in [0, 0.05) is 18.4 Å². The standard InChI is InChI=1S/C14H15N5O2/c1-21-11-4-2-3-10(7-11)12(15)9-19-14(20)18-6-5-16-8-13(18)17-19/h2-8,12H,9,15H2,1H3. The van der Waals surface area contributed by atoms with Crippen LogP contribution in [-0.2, 0) is 6.54 Å². The average Bonchev–Trinajstić information content (AvgIpc) is 2.84. The van der Waals surface area contributed by atoms with Gasteiger partial charge in [-0.1, -0.05) is 12.1 Å². The lowest BCUT2D eigenvalue weighted by molar-refractivity contribution is 0.413. The number of nitrogens with two attached hydrogens (primary N) is 1. The van der Waals surface area contributed by atoms with Gasteiger partial charge in [0.1, 0.15) is 5.75 Å². The molecular weight excluding hydrogens is 270 g/mol. The molecule has 0 radical (unpaired) electrons. The van der Waals surface area contributed by atoms with Crippen molar-refractivity contribution in [2.75, 3.05) is 7.11 Å². The van der Waals surface area contributed by atoms with Crippen molar-refractivity contribution >= 4 is 5.65 Å². The van der Waals surface area contributed by atoms with Gasteiger partial charge in [-0.25, -0.2) is 13.9 Å². The second-order valence-corrected chi connectivity index (χ2v) is 4.65. The molecule has 21 heavy (non-hydrogen) atoms. The molecule has 2 N–H and O–H groups in total. The largest absolute Gasteiger partial charge is 0.497 e. The number of methoxy groups -OCH3 is 1. The van der Waals surface area contributed by atoms with Crippen LogP contribution in [0.4, 0.5) is 0 Å². The molecule has 0 bridgehead atoms. The van der Waals surface area contributed by atoms with E-state index in [1.807, 2.05) is 24.3 Å². The molecule has 0 saturated carbocycles. The smallest absolute Gasteiger partial charge is 0.350 e. The third kappa shape index (κ3) is 2.50. The van der Waals surface area contributed by atoms with E-state index in [2.05, 4.69) is 10.1 Å². The van der Waals surface area contributed by atoms with Gasteiger partial charge in [-0.3, -0.25) is 4.98 Å². The summed E-state index contributed by atoms with van der Waals surface area (Å²) in [6.07, 6.45) is 4.66. The molecule has 0 spiro atoms. The van der Waals surface area contributed by atoms with Gasteiger partial charge in [-0.15, -0.1) is 5.10 Å². The minimum atomic E-state index is -0.351. The van der Waals surface area contributed by atoms with E-state index in [1.54, 1.807) is 19.5 Å². The highest BCUT2D eigenvalue weighted by Crippen LogP contribution is 2.18. The van der Waals surface area contributed by atoms with Crippen LogP contribution in [0.15, 0.2) is 47.7 Å². The lowest BCUT2D eigenvalue weighted by atomic mass is 10.1. The molecule has 0 aliphatic carbocycles. The van der Waals surface area contributed by atoms with Crippen LogP contribution >= 0.6 is 0 Å². The van der Waals surface area contributed by atoms with Gasteiger partial charge < -0.3 is 10.5 Å². The highest BCUT2D eigenvalue weighted by atomic mass is 16.5. The van der Waals surface area contributed by atoms with Crippen LogP contribution in [0.3, 0.4) is 0 Å². The Morgan fingerprint density at radius 2 is 2.29 bits per heavy atom. The molecule has 2 aromatic heterocycles. The van der Waals surface area contributed by atoms with E-state index >= 15 is 0 Å². The fourth-order valence-electron chi connectivity index (χ4n) is 2.16. The van der Waals surface area contributed by atoms with Crippen molar-refractivity contribution in [1.29, 1.82) is 0 Å². The van der Waals surface area contributed by atoms with Gasteiger partial charge >= 0.3 is 5.69 Å². The van der Waals surface area contributed by atoms with E-state index < -0.39 is 0 Å². The third-order valence-corrected chi connectivity index (χ3v) is 3.28. The Hall–Kier alpha value is -2.67. The number of aromatic nitrogens is 4. The van der Waals surface area contributed by atoms with Crippen molar-refractivity contribution in [1.82, 2.24) is 19.2 Å². The Morgan fingerprint density at radius 1 is 1.43 bits per heavy atom. The number of hydrogen-bond donors (Lipinski definition) is 1. The first kappa shape index (κ1) is 13.3. The summed E-state index contributed by atoms with van der Waals surface area (Å²) in [7, 11) is 1.60. The van der Waals surface area contributed by atoms with Crippen LogP contribution in [0.1, 0.15) is 11.6 Å². The van der Waals surface area contributed by atoms with Crippen LogP contribution in [0.25, 0.3) is 5.65 Å². The van der Waals surface area contributed by atoms with E-state index in [4.69, 9.17) is 10.5 Å². The molecule has 108 valence electrons. The molecule has 2 heterocycles. The van der Waals surface area contributed by atoms with Crippen molar-refractivity contribution in [3.05, 3.63) is 58.9 Å². The van der Waals surface area contributed by atoms with E-state index in [9.17, 15) is 4.79 Å². The molecular formula is C14H15N5O2. The second kappa shape index (κ2) is 5.37. The maximum absolute atomic E-state index is 12.2. The van der Waals surface area contributed by atoms with Crippen molar-refractivity contribution in [2.24, 2.45) is 5.73 Å². The zero-order valence-corrected chi connectivity index (χ0v) is 11.5. The summed E-state index contributed by atoms with van der Waals surface area (Å²) in [5.41, 5.74) is 7.32. The summed E-state index contributed by atoms with van der Waals surface area (Å²) in [6, 6.07) is 7.11. The van der Waals surface area contributed by atoms with E-state index in [0.717, 1.165) is 11.3 Å². The van der Waals surface area contributed by atoms with Gasteiger partial charge in [0.05, 0.1) is 19.9 Å². The Morgan fingerprint density at radius 3 is 3.05 bits per heavy atom. The van der Waals surface area contributed by atoms with Crippen molar-refractivity contribution < 1.29 is 4.74 Å². The van der Waals surface area contributed by atoms with Crippen LogP contribution in [-0.4, -0.2) is 26.3 Å². The molecule has 1 atom stereocenters. The molecule has 7 nitrogen and oxygen atoms in total. The average molecular weight is 285 g/mol. The van der Waals surface area contributed by atoms with Crippen LogP contribution in [0.5, 0.6) is 5.75 Å². The van der Waals surface area contributed by atoms with Crippen molar-refractivity contribution in [2.45, 2.75) is 12.6 Å². The Labute approximate surface area is 120 Å². The van der Waals surface area contributed by atoms with Crippen LogP contribution < -0.4 is 16.2 Å². The van der Waals surface area contributed by atoms with Gasteiger partial charge in [0.25, 0.3) is 0 Å². The first-order valence-electron chi connectivity index (χ1n) is 6.48. The summed E-state index contributed by atoms with van der Waals surface area (Å²) in [6.45, 7) is 0.285. The molecule has 0 saturated heterocycles. The minimum Gasteiger partial charge on any atom is -0.497 e. The first-order valence-corrected chi connectivity index (χ1v) is 6.48. The SMILES string of the molecule is COc1cccc(C(N)Cn2nc3cnccn3c2=O)c1. The highest BCUT2D eigenvalue weighted by Gasteiger charge is 2.12. The van der Waals surface area contributed by atoms with Gasteiger partial charge in [0.15, 0.2) is 5.65 Å². The molecule has 1 aromatic carbocycles. The molecule has 0 amide bonds. The quantitative estimate of drug-likeness (QED) is 0.758. The topological polar surface area (TPSA) is 87.4 Å². The number of ether oxygens (including phenoxy) is 1. The molecule has 3 rings (SSSR count). The monoisotopic (exact) mass is 285 g/mol. The molecule has 0 fully saturated rings. The molecule has 3 aromatic rings. The molecule has 0 aliphatic heterocycles. The predicted octanol–water partition coefficient (Wildman–Crippen LogP) is 0.600. The van der Waals surface area contributed by atoms with Crippen molar-refractivity contribution in [3.63, 3.8) is 0 Å². The number of hydrogen-bond acceptors (Lipinski definition) is 5. The number of fused-ring (bicyclic) bond motifs is 1. The zero-order valence-electron chi connectivity index (χ0n) is 11.5. The van der Waals surface area contributed by atoms with E-state index in [1.165, 1.54) is 15.3 Å². The lowest BCUT2D eigenvalue weighted by Gasteiger charge is -2.12. The van der Waals surface area contributed by atoms with Crippen LogP contribution in [0.2, 0.25) is 0 Å². The maximum Gasteiger partial charge on any atom is 0.350 e. The zero-order chi connectivity index (χ0) is 14.8. The summed E-state index contributed by atoms with van der Waals surface area (Å²) >= 11 is 0. The minimum absolute atomic E-state index is 0.231. The lowest BCUT2D eigenvalue weighted by Crippen LogP contribution is -2.27. The fourth-order valence-corrected chi connectivity index (χ4v) is 2.16.